The van der Waals surface area contributed by atoms with Crippen molar-refractivity contribution in [2.75, 3.05) is 6.61 Å². The maximum atomic E-state index is 11.1. The van der Waals surface area contributed by atoms with Crippen LogP contribution in [0, 0.1) is 17.0 Å². The summed E-state index contributed by atoms with van der Waals surface area (Å²) in [6.07, 6.45) is 4.25. The van der Waals surface area contributed by atoms with E-state index in [0.29, 0.717) is 12.4 Å². The zero-order valence-electron chi connectivity index (χ0n) is 13.7. The van der Waals surface area contributed by atoms with E-state index < -0.39 is 4.92 Å². The highest BCUT2D eigenvalue weighted by Crippen LogP contribution is 2.36. The van der Waals surface area contributed by atoms with Gasteiger partial charge < -0.3 is 14.0 Å². The number of hydrogen-bond acceptors (Lipinski definition) is 6. The zero-order chi connectivity index (χ0) is 17.3. The molecular weight excluding hydrogens is 312 g/mol. The Morgan fingerprint density at radius 1 is 1.46 bits per heavy atom. The van der Waals surface area contributed by atoms with Gasteiger partial charge in [0.1, 0.15) is 17.6 Å². The Morgan fingerprint density at radius 3 is 2.96 bits per heavy atom. The van der Waals surface area contributed by atoms with Crippen molar-refractivity contribution < 1.29 is 18.9 Å². The molecule has 2 aromatic rings. The van der Waals surface area contributed by atoms with Gasteiger partial charge in [-0.25, -0.2) is 0 Å². The summed E-state index contributed by atoms with van der Waals surface area (Å²) in [6.45, 7) is 5.96. The zero-order valence-corrected chi connectivity index (χ0v) is 13.7. The minimum atomic E-state index is -0.498. The summed E-state index contributed by atoms with van der Waals surface area (Å²) in [5, 5.41) is 14.8. The van der Waals surface area contributed by atoms with Gasteiger partial charge in [0.05, 0.1) is 11.5 Å². The monoisotopic (exact) mass is 330 g/mol. The van der Waals surface area contributed by atoms with E-state index in [1.54, 1.807) is 12.2 Å². The standard InChI is InChI=1S/C17H18N2O5/c1-4-22-15-9-13-7-10(2)23-16(13)8-12(15)5-6-14-17(19(20)21)11(3)24-18-14/h5-6,8-10H,4,7H2,1-3H3. The molecule has 1 atom stereocenters. The molecule has 0 bridgehead atoms. The van der Waals surface area contributed by atoms with Gasteiger partial charge in [-0.1, -0.05) is 5.16 Å². The van der Waals surface area contributed by atoms with E-state index in [2.05, 4.69) is 5.16 Å². The topological polar surface area (TPSA) is 87.6 Å². The maximum Gasteiger partial charge on any atom is 0.338 e. The fraction of sp³-hybridized carbons (Fsp3) is 0.353. The summed E-state index contributed by atoms with van der Waals surface area (Å²) < 4.78 is 16.4. The van der Waals surface area contributed by atoms with Crippen LogP contribution < -0.4 is 9.47 Å². The minimum absolute atomic E-state index is 0.129. The van der Waals surface area contributed by atoms with Crippen LogP contribution in [0.25, 0.3) is 12.2 Å². The summed E-state index contributed by atoms with van der Waals surface area (Å²) >= 11 is 0. The molecule has 0 spiro atoms. The molecule has 24 heavy (non-hydrogen) atoms. The predicted molar refractivity (Wildman–Crippen MR) is 88.2 cm³/mol. The van der Waals surface area contributed by atoms with Crippen LogP contribution in [0.15, 0.2) is 16.7 Å². The third-order valence-electron chi connectivity index (χ3n) is 3.79. The molecule has 1 aromatic heterocycles. The van der Waals surface area contributed by atoms with Crippen molar-refractivity contribution in [1.29, 1.82) is 0 Å². The summed E-state index contributed by atoms with van der Waals surface area (Å²) in [6, 6.07) is 3.85. The van der Waals surface area contributed by atoms with Crippen LogP contribution in [0.4, 0.5) is 5.69 Å². The molecule has 2 heterocycles. The van der Waals surface area contributed by atoms with Crippen molar-refractivity contribution in [3.63, 3.8) is 0 Å². The molecule has 3 rings (SSSR count). The smallest absolute Gasteiger partial charge is 0.338 e. The molecule has 1 unspecified atom stereocenters. The van der Waals surface area contributed by atoms with Crippen molar-refractivity contribution in [3.05, 3.63) is 44.8 Å². The van der Waals surface area contributed by atoms with Crippen molar-refractivity contribution in [1.82, 2.24) is 5.16 Å². The molecule has 0 amide bonds. The molecule has 0 fully saturated rings. The molecule has 0 N–H and O–H groups in total. The van der Waals surface area contributed by atoms with Crippen LogP contribution in [0.3, 0.4) is 0 Å². The Bertz CT molecular complexity index is 810. The van der Waals surface area contributed by atoms with Crippen molar-refractivity contribution in [2.45, 2.75) is 33.3 Å². The second-order valence-corrected chi connectivity index (χ2v) is 5.63. The molecule has 7 nitrogen and oxygen atoms in total. The lowest BCUT2D eigenvalue weighted by Crippen LogP contribution is -2.05. The Morgan fingerprint density at radius 2 is 2.25 bits per heavy atom. The van der Waals surface area contributed by atoms with Gasteiger partial charge in [-0.15, -0.1) is 0 Å². The maximum absolute atomic E-state index is 11.1. The van der Waals surface area contributed by atoms with E-state index in [-0.39, 0.29) is 23.2 Å². The first-order chi connectivity index (χ1) is 11.5. The van der Waals surface area contributed by atoms with Gasteiger partial charge in [-0.05, 0) is 38.1 Å². The highest BCUT2D eigenvalue weighted by Gasteiger charge is 2.23. The van der Waals surface area contributed by atoms with Gasteiger partial charge in [0.25, 0.3) is 0 Å². The molecule has 0 aliphatic carbocycles. The third kappa shape index (κ3) is 2.97. The van der Waals surface area contributed by atoms with Crippen LogP contribution in [0.1, 0.15) is 36.4 Å². The summed E-state index contributed by atoms with van der Waals surface area (Å²) in [7, 11) is 0. The van der Waals surface area contributed by atoms with Gasteiger partial charge in [0.15, 0.2) is 5.69 Å². The quantitative estimate of drug-likeness (QED) is 0.612. The van der Waals surface area contributed by atoms with E-state index in [1.165, 1.54) is 6.92 Å². The fourth-order valence-corrected chi connectivity index (χ4v) is 2.75. The molecule has 0 saturated carbocycles. The van der Waals surface area contributed by atoms with Gasteiger partial charge in [0, 0.05) is 24.5 Å². The number of aromatic nitrogens is 1. The lowest BCUT2D eigenvalue weighted by Gasteiger charge is -2.09. The summed E-state index contributed by atoms with van der Waals surface area (Å²) in [5.41, 5.74) is 1.93. The Labute approximate surface area is 139 Å². The number of rotatable bonds is 5. The number of benzene rings is 1. The number of hydrogen-bond donors (Lipinski definition) is 0. The SMILES string of the molecule is CCOc1cc2c(cc1C=Cc1noc(C)c1[N+](=O)[O-])OC(C)C2. The largest absolute Gasteiger partial charge is 0.493 e. The van der Waals surface area contributed by atoms with Gasteiger partial charge in [-0.3, -0.25) is 10.1 Å². The lowest BCUT2D eigenvalue weighted by molar-refractivity contribution is -0.386. The first-order valence-electron chi connectivity index (χ1n) is 7.74. The van der Waals surface area contributed by atoms with E-state index in [9.17, 15) is 10.1 Å². The molecule has 0 saturated heterocycles. The summed E-state index contributed by atoms with van der Waals surface area (Å²) in [5.74, 6) is 1.71. The normalized spacial score (nSPS) is 16.2. The molecular formula is C17H18N2O5. The Kier molecular flexibility index (Phi) is 4.24. The number of fused-ring (bicyclic) bond motifs is 1. The van der Waals surface area contributed by atoms with Crippen molar-refractivity contribution >= 4 is 17.8 Å². The lowest BCUT2D eigenvalue weighted by atomic mass is 10.1. The van der Waals surface area contributed by atoms with E-state index in [4.69, 9.17) is 14.0 Å². The van der Waals surface area contributed by atoms with E-state index in [0.717, 1.165) is 23.3 Å². The number of ether oxygens (including phenoxy) is 2. The Balaban J connectivity index is 1.98. The predicted octanol–water partition coefficient (Wildman–Crippen LogP) is 3.78. The van der Waals surface area contributed by atoms with Crippen molar-refractivity contribution in [3.8, 4) is 11.5 Å². The average molecular weight is 330 g/mol. The highest BCUT2D eigenvalue weighted by molar-refractivity contribution is 5.76. The van der Waals surface area contributed by atoms with Gasteiger partial charge >= 0.3 is 5.69 Å². The van der Waals surface area contributed by atoms with Crippen LogP contribution >= 0.6 is 0 Å². The summed E-state index contributed by atoms with van der Waals surface area (Å²) in [4.78, 5) is 10.6. The molecule has 0 radical (unpaired) electrons. The van der Waals surface area contributed by atoms with Crippen LogP contribution in [-0.4, -0.2) is 22.8 Å². The minimum Gasteiger partial charge on any atom is -0.493 e. The molecule has 1 aliphatic heterocycles. The Hall–Kier alpha value is -2.83. The molecule has 1 aromatic carbocycles. The first kappa shape index (κ1) is 16.0. The van der Waals surface area contributed by atoms with Crippen LogP contribution in [-0.2, 0) is 6.42 Å². The fourth-order valence-electron chi connectivity index (χ4n) is 2.75. The highest BCUT2D eigenvalue weighted by atomic mass is 16.6. The van der Waals surface area contributed by atoms with E-state index >= 15 is 0 Å². The molecule has 1 aliphatic rings. The second kappa shape index (κ2) is 6.35. The first-order valence-corrected chi connectivity index (χ1v) is 7.74. The van der Waals surface area contributed by atoms with Crippen LogP contribution in [0.5, 0.6) is 11.5 Å². The number of aryl methyl sites for hydroxylation is 1. The van der Waals surface area contributed by atoms with Gasteiger partial charge in [0.2, 0.25) is 5.76 Å². The van der Waals surface area contributed by atoms with Crippen LogP contribution in [0.2, 0.25) is 0 Å². The number of nitrogens with zero attached hydrogens (tertiary/aromatic N) is 2. The second-order valence-electron chi connectivity index (χ2n) is 5.63. The number of nitro groups is 1. The third-order valence-corrected chi connectivity index (χ3v) is 3.79. The molecule has 126 valence electrons. The average Bonchev–Trinajstić information content (AvgIpc) is 3.06. The van der Waals surface area contributed by atoms with Gasteiger partial charge in [-0.2, -0.15) is 0 Å². The molecule has 7 heteroatoms. The van der Waals surface area contributed by atoms with Crippen molar-refractivity contribution in [2.24, 2.45) is 0 Å². The van der Waals surface area contributed by atoms with E-state index in [1.807, 2.05) is 26.0 Å².